The zero-order valence-corrected chi connectivity index (χ0v) is 4.68. The quantitative estimate of drug-likeness (QED) is 0.277. The molecule has 4 N–H and O–H groups in total. The van der Waals surface area contributed by atoms with Crippen LogP contribution in [0.25, 0.3) is 0 Å². The molecule has 3 amide bonds. The van der Waals surface area contributed by atoms with Crippen LogP contribution in [0.2, 0.25) is 0 Å². The minimum absolute atomic E-state index is 0.158. The zero-order valence-electron chi connectivity index (χ0n) is 4.68. The highest BCUT2D eigenvalue weighted by molar-refractivity contribution is 5.96. The van der Waals surface area contributed by atoms with Crippen LogP contribution in [0.1, 0.15) is 6.42 Å². The third kappa shape index (κ3) is 1.39. The van der Waals surface area contributed by atoms with E-state index in [1.807, 2.05) is 5.32 Å². The van der Waals surface area contributed by atoms with Crippen LogP contribution in [0.4, 0.5) is 4.79 Å². The fourth-order valence-electron chi connectivity index (χ4n) is 0.633. The summed E-state index contributed by atoms with van der Waals surface area (Å²) < 4.78 is 0. The number of amides is 3. The topological polar surface area (TPSA) is 84.2 Å². The first kappa shape index (κ1) is 6.03. The van der Waals surface area contributed by atoms with Gasteiger partial charge in [0.2, 0.25) is 5.91 Å². The van der Waals surface area contributed by atoms with E-state index in [1.165, 1.54) is 0 Å². The van der Waals surface area contributed by atoms with Crippen molar-refractivity contribution in [1.29, 1.82) is 0 Å². The Bertz CT molecular complexity index is 140. The van der Waals surface area contributed by atoms with Crippen LogP contribution in [0, 0.1) is 0 Å². The van der Waals surface area contributed by atoms with Gasteiger partial charge in [0.25, 0.3) is 0 Å². The molecule has 1 heterocycles. The van der Waals surface area contributed by atoms with Gasteiger partial charge in [0.05, 0.1) is 12.6 Å². The Morgan fingerprint density at radius 2 is 2.22 bits per heavy atom. The number of nitrogens with two attached hydrogens (primary N) is 1. The third-order valence-corrected chi connectivity index (χ3v) is 0.975. The molecule has 5 heteroatoms. The van der Waals surface area contributed by atoms with Crippen LogP contribution >= 0.6 is 0 Å². The van der Waals surface area contributed by atoms with Crippen molar-refractivity contribution >= 4 is 11.9 Å². The molecular weight excluding hydrogens is 125 g/mol. The highest BCUT2D eigenvalue weighted by atomic mass is 16.4. The number of carbonyl (C=O) groups excluding carboxylic acids is 2. The molecule has 0 bridgehead atoms. The van der Waals surface area contributed by atoms with Crippen molar-refractivity contribution in [3.8, 4) is 0 Å². The number of hydrogen-bond acceptors (Lipinski definition) is 3. The van der Waals surface area contributed by atoms with Gasteiger partial charge in [-0.2, -0.15) is 0 Å². The highest BCUT2D eigenvalue weighted by Gasteiger charge is 2.19. The van der Waals surface area contributed by atoms with Gasteiger partial charge < -0.3 is 11.1 Å². The summed E-state index contributed by atoms with van der Waals surface area (Å²) in [5, 5.41) is 4.36. The zero-order chi connectivity index (χ0) is 6.85. The van der Waals surface area contributed by atoms with Crippen LogP contribution in [0.3, 0.4) is 0 Å². The van der Waals surface area contributed by atoms with Gasteiger partial charge in [0.1, 0.15) is 0 Å². The Kier molecular flexibility index (Phi) is 1.35. The molecule has 1 saturated heterocycles. The summed E-state index contributed by atoms with van der Waals surface area (Å²) in [5.74, 6) is -0.328. The van der Waals surface area contributed by atoms with Gasteiger partial charge in [0, 0.05) is 0 Å². The predicted octanol–water partition coefficient (Wildman–Crippen LogP) is -1.50. The van der Waals surface area contributed by atoms with E-state index in [9.17, 15) is 9.59 Å². The Labute approximate surface area is 51.6 Å². The van der Waals surface area contributed by atoms with Crippen molar-refractivity contribution in [2.45, 2.75) is 12.6 Å². The molecule has 1 aliphatic heterocycles. The molecule has 9 heavy (non-hydrogen) atoms. The average Bonchev–Trinajstić information content (AvgIpc) is 1.59. The smallest absolute Gasteiger partial charge is 0.322 e. The molecule has 50 valence electrons. The van der Waals surface area contributed by atoms with Crippen molar-refractivity contribution in [2.24, 2.45) is 5.73 Å². The maximum Gasteiger partial charge on any atom is 0.322 e. The Hall–Kier alpha value is -1.10. The summed E-state index contributed by atoms with van der Waals surface area (Å²) in [6.45, 7) is 0. The Morgan fingerprint density at radius 3 is 2.67 bits per heavy atom. The monoisotopic (exact) mass is 132 g/mol. The molecule has 1 atom stereocenters. The van der Waals surface area contributed by atoms with Crippen LogP contribution in [-0.4, -0.2) is 18.1 Å². The highest BCUT2D eigenvalue weighted by Crippen LogP contribution is 1.89. The fraction of sp³-hybridized carbons (Fsp3) is 0.500. The van der Waals surface area contributed by atoms with Gasteiger partial charge in [-0.1, -0.05) is 0 Å². The van der Waals surface area contributed by atoms with Crippen molar-refractivity contribution in [3.05, 3.63) is 0 Å². The Morgan fingerprint density at radius 1 is 1.56 bits per heavy atom. The lowest BCUT2D eigenvalue weighted by molar-refractivity contribution is -0.121. The van der Waals surface area contributed by atoms with Crippen molar-refractivity contribution in [3.63, 3.8) is 0 Å². The van der Waals surface area contributed by atoms with E-state index in [0.717, 1.165) is 0 Å². The maximum atomic E-state index is 10.4. The number of nitrogens with one attached hydrogen (secondary N) is 2. The van der Waals surface area contributed by atoms with Crippen LogP contribution in [0.5, 0.6) is 0 Å². The second kappa shape index (κ2) is 2.02. The molecule has 1 rings (SSSR count). The summed E-state index contributed by atoms with van der Waals surface area (Å²) in [5.41, 5.74) is 5.22. The standard InChI is InChI=1S/C4H7N3O2/c5-2-1-3(8)7-4(9)6-2/h2H,1,5H2,(H2,6,7,8,9)/i4+1,6+1,7+1. The summed E-state index contributed by atoms with van der Waals surface area (Å²) >= 11 is 0. The van der Waals surface area contributed by atoms with Crippen LogP contribution < -0.4 is 16.4 Å². The second-order valence-corrected chi connectivity index (χ2v) is 1.83. The van der Waals surface area contributed by atoms with Crippen molar-refractivity contribution in [2.75, 3.05) is 0 Å². The largest absolute Gasteiger partial charge is 0.322 e. The molecular formula is C4H7N3O2. The van der Waals surface area contributed by atoms with Crippen LogP contribution in [-0.2, 0) is 4.79 Å². The first-order valence-electron chi connectivity index (χ1n) is 2.54. The maximum absolute atomic E-state index is 10.4. The van der Waals surface area contributed by atoms with E-state index < -0.39 is 12.2 Å². The lowest BCUT2D eigenvalue weighted by Crippen LogP contribution is -2.55. The van der Waals surface area contributed by atoms with E-state index in [-0.39, 0.29) is 12.3 Å². The molecule has 1 aliphatic rings. The molecule has 1 fully saturated rings. The number of imide groups is 1. The molecule has 0 aromatic heterocycles. The summed E-state index contributed by atoms with van der Waals surface area (Å²) in [6.07, 6.45) is -0.364. The van der Waals surface area contributed by atoms with Gasteiger partial charge in [-0.05, 0) is 0 Å². The average molecular weight is 132 g/mol. The van der Waals surface area contributed by atoms with E-state index >= 15 is 0 Å². The van der Waals surface area contributed by atoms with Gasteiger partial charge in [-0.3, -0.25) is 10.1 Å². The number of rotatable bonds is 0. The van der Waals surface area contributed by atoms with E-state index in [0.29, 0.717) is 0 Å². The lowest BCUT2D eigenvalue weighted by Gasteiger charge is -2.18. The summed E-state index contributed by atoms with van der Waals surface area (Å²) in [7, 11) is 0. The Balaban J connectivity index is 2.53. The molecule has 0 aromatic carbocycles. The first-order chi connectivity index (χ1) is 4.18. The molecule has 0 aromatic rings. The molecule has 0 saturated carbocycles. The number of hydrogen-bond donors (Lipinski definition) is 3. The van der Waals surface area contributed by atoms with Crippen LogP contribution in [0.15, 0.2) is 0 Å². The van der Waals surface area contributed by atoms with Gasteiger partial charge >= 0.3 is 6.03 Å². The van der Waals surface area contributed by atoms with E-state index in [2.05, 4.69) is 5.32 Å². The van der Waals surface area contributed by atoms with E-state index in [4.69, 9.17) is 5.73 Å². The van der Waals surface area contributed by atoms with Crippen molar-refractivity contribution in [1.82, 2.24) is 10.6 Å². The van der Waals surface area contributed by atoms with Crippen molar-refractivity contribution < 1.29 is 9.59 Å². The normalized spacial score (nSPS) is 27.0. The van der Waals surface area contributed by atoms with E-state index in [1.54, 1.807) is 0 Å². The molecule has 0 radical (unpaired) electrons. The SMILES string of the molecule is NC1CC(=O)[15NH][13C](=O)[15NH]1. The third-order valence-electron chi connectivity index (χ3n) is 0.975. The number of carbonyl (C=O) groups is 2. The summed E-state index contributed by atoms with van der Waals surface area (Å²) in [4.78, 5) is 20.8. The predicted molar refractivity (Wildman–Crippen MR) is 29.3 cm³/mol. The molecule has 1 unspecified atom stereocenters. The molecule has 0 spiro atoms. The number of urea groups is 1. The minimum Gasteiger partial charge on any atom is -0.322 e. The fourth-order valence-corrected chi connectivity index (χ4v) is 0.633. The molecule has 5 nitrogen and oxygen atoms in total. The summed E-state index contributed by atoms with van der Waals surface area (Å²) in [6, 6.07) is -0.515. The first-order valence-corrected chi connectivity index (χ1v) is 2.54. The molecule has 0 aliphatic carbocycles. The minimum atomic E-state index is -0.522. The second-order valence-electron chi connectivity index (χ2n) is 1.83. The lowest BCUT2D eigenvalue weighted by atomic mass is 10.4. The van der Waals surface area contributed by atoms with Gasteiger partial charge in [-0.25, -0.2) is 4.79 Å². The van der Waals surface area contributed by atoms with Gasteiger partial charge in [-0.15, -0.1) is 0 Å². The van der Waals surface area contributed by atoms with Gasteiger partial charge in [0.15, 0.2) is 0 Å².